The molecular weight excluding hydrogens is 318 g/mol. The number of rotatable bonds is 1. The number of imidazole rings is 1. The van der Waals surface area contributed by atoms with Crippen molar-refractivity contribution in [2.45, 2.75) is 25.7 Å². The molecular formula is C8H12F6N2O3S. The molecule has 0 atom stereocenters. The van der Waals surface area contributed by atoms with E-state index in [0.717, 1.165) is 4.57 Å². The third-order valence-electron chi connectivity index (χ3n) is 1.47. The number of alkyl halides is 6. The number of halogens is 6. The van der Waals surface area contributed by atoms with E-state index in [1.807, 2.05) is 0 Å². The Morgan fingerprint density at radius 1 is 1.20 bits per heavy atom. The summed E-state index contributed by atoms with van der Waals surface area (Å²) in [4.78, 5) is 0. The van der Waals surface area contributed by atoms with E-state index in [1.165, 1.54) is 12.5 Å². The highest BCUT2D eigenvalue weighted by molar-refractivity contribution is 7.86. The lowest BCUT2D eigenvalue weighted by Gasteiger charge is -2.08. The summed E-state index contributed by atoms with van der Waals surface area (Å²) >= 11 is 0. The minimum absolute atomic E-state index is 0. The monoisotopic (exact) mass is 330 g/mol. The molecule has 0 amide bonds. The second-order valence-electron chi connectivity index (χ2n) is 3.27. The summed E-state index contributed by atoms with van der Waals surface area (Å²) in [6.07, 6.45) is 0.193. The molecule has 0 bridgehead atoms. The van der Waals surface area contributed by atoms with Crippen LogP contribution in [0.2, 0.25) is 0 Å². The highest BCUT2D eigenvalue weighted by Gasteiger charge is 2.36. The Morgan fingerprint density at radius 3 is 1.80 bits per heavy atom. The standard InChI is InChI=1S/C6H8F3N2.CHF3O3S.CH4/c1-10-2-3-11(5-10)4-6(7,8)9;2-1(3,4)8(5,6)7;/h2-3,5H,4H2,1H3;(H,5,6,7);1H4/q+1;;/p-1. The van der Waals surface area contributed by atoms with Crippen LogP contribution in [0.4, 0.5) is 26.3 Å². The first kappa shape index (κ1) is 21.0. The lowest BCUT2D eigenvalue weighted by Crippen LogP contribution is -2.25. The van der Waals surface area contributed by atoms with Gasteiger partial charge in [-0.25, -0.2) is 17.6 Å². The van der Waals surface area contributed by atoms with Crippen LogP contribution in [0.5, 0.6) is 0 Å². The number of nitrogens with zero attached hydrogens (tertiary/aromatic N) is 2. The average molecular weight is 330 g/mol. The molecule has 1 aromatic heterocycles. The SMILES string of the molecule is C.C[n+]1ccn(CC(F)(F)F)c1.O=S(=O)([O-])C(F)(F)F. The minimum Gasteiger partial charge on any atom is -0.741 e. The Kier molecular flexibility index (Phi) is 7.27. The second kappa shape index (κ2) is 6.92. The van der Waals surface area contributed by atoms with Gasteiger partial charge in [-0.2, -0.15) is 26.3 Å². The molecule has 0 N–H and O–H groups in total. The van der Waals surface area contributed by atoms with Crippen LogP contribution in [0, 0.1) is 0 Å². The summed E-state index contributed by atoms with van der Waals surface area (Å²) in [5.41, 5.74) is -5.65. The van der Waals surface area contributed by atoms with E-state index in [0.29, 0.717) is 0 Å². The van der Waals surface area contributed by atoms with Crippen molar-refractivity contribution in [3.8, 4) is 0 Å². The Hall–Kier alpha value is -1.30. The molecule has 1 heterocycles. The van der Waals surface area contributed by atoms with E-state index < -0.39 is 28.3 Å². The first-order chi connectivity index (χ1) is 8.22. The molecule has 0 aliphatic carbocycles. The summed E-state index contributed by atoms with van der Waals surface area (Å²) in [6.45, 7) is -0.923. The zero-order chi connectivity index (χ0) is 15.5. The Bertz CT molecular complexity index is 505. The van der Waals surface area contributed by atoms with Crippen molar-refractivity contribution >= 4 is 10.1 Å². The van der Waals surface area contributed by atoms with Gasteiger partial charge in [-0.05, 0) is 0 Å². The Morgan fingerprint density at radius 2 is 1.60 bits per heavy atom. The van der Waals surface area contributed by atoms with Crippen LogP contribution in [-0.2, 0) is 23.7 Å². The van der Waals surface area contributed by atoms with Crippen LogP contribution in [0.15, 0.2) is 18.7 Å². The summed E-state index contributed by atoms with van der Waals surface area (Å²) < 4.78 is 96.7. The van der Waals surface area contributed by atoms with Crippen molar-refractivity contribution in [1.82, 2.24) is 4.57 Å². The molecule has 0 aromatic carbocycles. The van der Waals surface area contributed by atoms with Gasteiger partial charge in [0.1, 0.15) is 12.4 Å². The fourth-order valence-electron chi connectivity index (χ4n) is 0.802. The van der Waals surface area contributed by atoms with Gasteiger partial charge < -0.3 is 4.55 Å². The average Bonchev–Trinajstić information content (AvgIpc) is 2.45. The number of aromatic nitrogens is 2. The van der Waals surface area contributed by atoms with Gasteiger partial charge >= 0.3 is 11.7 Å². The first-order valence-corrected chi connectivity index (χ1v) is 5.73. The molecule has 0 unspecified atom stereocenters. The van der Waals surface area contributed by atoms with Crippen molar-refractivity contribution < 1.29 is 43.9 Å². The van der Waals surface area contributed by atoms with Crippen LogP contribution in [-0.4, -0.2) is 29.2 Å². The second-order valence-corrected chi connectivity index (χ2v) is 4.64. The van der Waals surface area contributed by atoms with Gasteiger partial charge in [0.15, 0.2) is 16.7 Å². The van der Waals surface area contributed by atoms with Crippen LogP contribution >= 0.6 is 0 Å². The first-order valence-electron chi connectivity index (χ1n) is 4.32. The molecule has 0 fully saturated rings. The predicted octanol–water partition coefficient (Wildman–Crippen LogP) is 1.56. The van der Waals surface area contributed by atoms with E-state index in [-0.39, 0.29) is 7.43 Å². The molecule has 0 saturated carbocycles. The van der Waals surface area contributed by atoms with E-state index in [9.17, 15) is 26.3 Å². The highest BCUT2D eigenvalue weighted by atomic mass is 32.2. The maximum atomic E-state index is 11.7. The summed E-state index contributed by atoms with van der Waals surface area (Å²) in [6, 6.07) is 0. The quantitative estimate of drug-likeness (QED) is 0.340. The Labute approximate surface area is 111 Å². The van der Waals surface area contributed by atoms with Gasteiger partial charge in [-0.15, -0.1) is 0 Å². The fourth-order valence-corrected chi connectivity index (χ4v) is 0.802. The normalized spacial score (nSPS) is 12.2. The van der Waals surface area contributed by atoms with Gasteiger partial charge in [0.2, 0.25) is 6.33 Å². The molecule has 0 aliphatic rings. The molecule has 1 rings (SSSR count). The lowest BCUT2D eigenvalue weighted by atomic mass is 10.6. The van der Waals surface area contributed by atoms with Gasteiger partial charge in [0.05, 0.1) is 7.05 Å². The van der Waals surface area contributed by atoms with Gasteiger partial charge in [0, 0.05) is 0 Å². The molecule has 0 spiro atoms. The van der Waals surface area contributed by atoms with Crippen LogP contribution in [0.25, 0.3) is 0 Å². The summed E-state index contributed by atoms with van der Waals surface area (Å²) in [5, 5.41) is 0. The maximum Gasteiger partial charge on any atom is 0.485 e. The van der Waals surface area contributed by atoms with Crippen molar-refractivity contribution in [3.63, 3.8) is 0 Å². The van der Waals surface area contributed by atoms with Crippen LogP contribution < -0.4 is 4.57 Å². The third kappa shape index (κ3) is 8.74. The summed E-state index contributed by atoms with van der Waals surface area (Å²) in [5.74, 6) is 0. The minimum atomic E-state index is -6.09. The largest absolute Gasteiger partial charge is 0.741 e. The van der Waals surface area contributed by atoms with Crippen molar-refractivity contribution in [1.29, 1.82) is 0 Å². The maximum absolute atomic E-state index is 11.7. The fraction of sp³-hybridized carbons (Fsp3) is 0.625. The van der Waals surface area contributed by atoms with Crippen LogP contribution in [0.1, 0.15) is 7.43 Å². The van der Waals surface area contributed by atoms with Gasteiger partial charge in [-0.1, -0.05) is 7.43 Å². The predicted molar refractivity (Wildman–Crippen MR) is 54.1 cm³/mol. The number of hydrogen-bond donors (Lipinski definition) is 0. The molecule has 0 saturated heterocycles. The summed E-state index contributed by atoms with van der Waals surface area (Å²) in [7, 11) is -4.42. The molecule has 0 aliphatic heterocycles. The lowest BCUT2D eigenvalue weighted by molar-refractivity contribution is -0.671. The van der Waals surface area contributed by atoms with Gasteiger partial charge in [-0.3, -0.25) is 0 Å². The molecule has 0 radical (unpaired) electrons. The van der Waals surface area contributed by atoms with Gasteiger partial charge in [0.25, 0.3) is 0 Å². The van der Waals surface area contributed by atoms with Crippen LogP contribution in [0.3, 0.4) is 0 Å². The zero-order valence-electron chi connectivity index (χ0n) is 9.23. The van der Waals surface area contributed by atoms with E-state index >= 15 is 0 Å². The van der Waals surface area contributed by atoms with E-state index in [4.69, 9.17) is 13.0 Å². The van der Waals surface area contributed by atoms with Crippen molar-refractivity contribution in [2.75, 3.05) is 0 Å². The molecule has 120 valence electrons. The van der Waals surface area contributed by atoms with Crippen molar-refractivity contribution in [3.05, 3.63) is 18.7 Å². The molecule has 12 heteroatoms. The van der Waals surface area contributed by atoms with E-state index in [1.54, 1.807) is 17.8 Å². The molecule has 5 nitrogen and oxygen atoms in total. The number of hydrogen-bond acceptors (Lipinski definition) is 3. The topological polar surface area (TPSA) is 66.0 Å². The third-order valence-corrected chi connectivity index (χ3v) is 2.04. The smallest absolute Gasteiger partial charge is 0.485 e. The highest BCUT2D eigenvalue weighted by Crippen LogP contribution is 2.20. The molecule has 1 aromatic rings. The number of aryl methyl sites for hydroxylation is 1. The molecule has 20 heavy (non-hydrogen) atoms. The Balaban J connectivity index is 0. The zero-order valence-corrected chi connectivity index (χ0v) is 10.1. The van der Waals surface area contributed by atoms with E-state index in [2.05, 4.69) is 0 Å². The van der Waals surface area contributed by atoms with Crippen molar-refractivity contribution in [2.24, 2.45) is 7.05 Å².